The molecule has 1 amide bonds. The van der Waals surface area contributed by atoms with Crippen molar-refractivity contribution >= 4 is 29.4 Å². The van der Waals surface area contributed by atoms with Crippen LogP contribution in [0.25, 0.3) is 11.3 Å². The molecule has 3 rings (SSSR count). The van der Waals surface area contributed by atoms with Gasteiger partial charge in [-0.25, -0.2) is 10.2 Å². The molecule has 0 fully saturated rings. The van der Waals surface area contributed by atoms with Gasteiger partial charge < -0.3 is 9.52 Å². The zero-order chi connectivity index (χ0) is 17.8. The van der Waals surface area contributed by atoms with Gasteiger partial charge in [-0.1, -0.05) is 12.1 Å². The van der Waals surface area contributed by atoms with Crippen molar-refractivity contribution in [3.05, 3.63) is 69.6 Å². The fourth-order valence-corrected chi connectivity index (χ4v) is 2.87. The summed E-state index contributed by atoms with van der Waals surface area (Å²) in [5.41, 5.74) is 4.25. The smallest absolute Gasteiger partial charge is 0.335 e. The van der Waals surface area contributed by atoms with Crippen LogP contribution in [0.3, 0.4) is 0 Å². The van der Waals surface area contributed by atoms with Gasteiger partial charge in [0.2, 0.25) is 0 Å². The first-order valence-electron chi connectivity index (χ1n) is 7.35. The molecule has 0 unspecified atom stereocenters. The molecule has 0 aliphatic rings. The highest BCUT2D eigenvalue weighted by Crippen LogP contribution is 2.26. The van der Waals surface area contributed by atoms with Crippen molar-refractivity contribution < 1.29 is 19.1 Å². The molecule has 7 heteroatoms. The average Bonchev–Trinajstić information content (AvgIpc) is 3.26. The van der Waals surface area contributed by atoms with E-state index in [1.165, 1.54) is 23.6 Å². The highest BCUT2D eigenvalue weighted by Gasteiger charge is 2.10. The Balaban J connectivity index is 1.71. The lowest BCUT2D eigenvalue weighted by Gasteiger charge is -2.03. The van der Waals surface area contributed by atoms with E-state index in [0.717, 1.165) is 11.1 Å². The van der Waals surface area contributed by atoms with Crippen molar-refractivity contribution in [3.63, 3.8) is 0 Å². The molecule has 0 bridgehead atoms. The summed E-state index contributed by atoms with van der Waals surface area (Å²) in [5, 5.41) is 14.7. The quantitative estimate of drug-likeness (QED) is 0.539. The van der Waals surface area contributed by atoms with Gasteiger partial charge >= 0.3 is 5.97 Å². The Morgan fingerprint density at radius 3 is 2.76 bits per heavy atom. The third kappa shape index (κ3) is 3.84. The van der Waals surface area contributed by atoms with Crippen LogP contribution in [-0.2, 0) is 0 Å². The zero-order valence-corrected chi connectivity index (χ0v) is 14.0. The van der Waals surface area contributed by atoms with Crippen LogP contribution in [0.1, 0.15) is 31.4 Å². The van der Waals surface area contributed by atoms with Gasteiger partial charge in [0.25, 0.3) is 5.91 Å². The summed E-state index contributed by atoms with van der Waals surface area (Å²) < 4.78 is 5.68. The fraction of sp³-hybridized carbons (Fsp3) is 0.0556. The first-order valence-corrected chi connectivity index (χ1v) is 8.23. The fourth-order valence-electron chi connectivity index (χ4n) is 2.26. The number of carboxylic acids is 1. The second-order valence-corrected chi connectivity index (χ2v) is 6.16. The number of hydrogen-bond donors (Lipinski definition) is 2. The molecule has 0 radical (unpaired) electrons. The number of amides is 1. The highest BCUT2D eigenvalue weighted by molar-refractivity contribution is 7.12. The summed E-state index contributed by atoms with van der Waals surface area (Å²) in [5.74, 6) is -0.176. The molecule has 6 nitrogen and oxygen atoms in total. The van der Waals surface area contributed by atoms with Crippen molar-refractivity contribution in [2.75, 3.05) is 0 Å². The van der Waals surface area contributed by atoms with Crippen LogP contribution in [0.15, 0.2) is 57.4 Å². The minimum absolute atomic E-state index is 0.228. The number of nitrogens with zero attached hydrogens (tertiary/aromatic N) is 1. The maximum atomic E-state index is 11.8. The molecule has 2 heterocycles. The lowest BCUT2D eigenvalue weighted by Crippen LogP contribution is -2.15. The van der Waals surface area contributed by atoms with E-state index in [-0.39, 0.29) is 11.5 Å². The lowest BCUT2D eigenvalue weighted by atomic mass is 10.0. The normalized spacial score (nSPS) is 10.9. The Hall–Kier alpha value is -3.19. The first kappa shape index (κ1) is 16.7. The predicted molar refractivity (Wildman–Crippen MR) is 95.2 cm³/mol. The van der Waals surface area contributed by atoms with E-state index in [4.69, 9.17) is 9.52 Å². The van der Waals surface area contributed by atoms with Crippen molar-refractivity contribution in [3.8, 4) is 11.3 Å². The van der Waals surface area contributed by atoms with Crippen LogP contribution >= 0.6 is 11.3 Å². The summed E-state index contributed by atoms with van der Waals surface area (Å²) in [6.45, 7) is 1.82. The molecular formula is C18H14N2O4S. The molecule has 0 atom stereocenters. The molecule has 0 aliphatic carbocycles. The van der Waals surface area contributed by atoms with Gasteiger partial charge in [0, 0.05) is 5.56 Å². The highest BCUT2D eigenvalue weighted by atomic mass is 32.1. The molecule has 0 spiro atoms. The molecule has 0 aliphatic heterocycles. The molecular weight excluding hydrogens is 340 g/mol. The molecule has 3 aromatic rings. The summed E-state index contributed by atoms with van der Waals surface area (Å²) in [7, 11) is 0. The Morgan fingerprint density at radius 1 is 1.24 bits per heavy atom. The lowest BCUT2D eigenvalue weighted by molar-refractivity contribution is 0.0696. The number of aryl methyl sites for hydroxylation is 1. The first-order chi connectivity index (χ1) is 12.0. The van der Waals surface area contributed by atoms with Gasteiger partial charge in [0.15, 0.2) is 0 Å². The van der Waals surface area contributed by atoms with Crippen LogP contribution in [-0.4, -0.2) is 23.2 Å². The van der Waals surface area contributed by atoms with Crippen LogP contribution < -0.4 is 5.43 Å². The van der Waals surface area contributed by atoms with Gasteiger partial charge in [0.1, 0.15) is 11.5 Å². The SMILES string of the molecule is Cc1cc(C(=O)O)ccc1-c1ccc(/C=N/NC(=O)c2cccs2)o1. The third-order valence-corrected chi connectivity index (χ3v) is 4.34. The molecule has 0 saturated carbocycles. The molecule has 25 heavy (non-hydrogen) atoms. The maximum absolute atomic E-state index is 11.8. The Bertz CT molecular complexity index is 942. The number of carboxylic acid groups (broad SMARTS) is 1. The number of hydrazone groups is 1. The zero-order valence-electron chi connectivity index (χ0n) is 13.2. The largest absolute Gasteiger partial charge is 0.478 e. The van der Waals surface area contributed by atoms with Crippen molar-refractivity contribution in [2.24, 2.45) is 5.10 Å². The Morgan fingerprint density at radius 2 is 2.08 bits per heavy atom. The summed E-state index contributed by atoms with van der Waals surface area (Å²) in [6.07, 6.45) is 1.41. The average molecular weight is 354 g/mol. The Kier molecular flexibility index (Phi) is 4.76. The van der Waals surface area contributed by atoms with Gasteiger partial charge in [-0.15, -0.1) is 11.3 Å². The summed E-state index contributed by atoms with van der Waals surface area (Å²) in [6, 6.07) is 11.8. The number of furan rings is 1. The van der Waals surface area contributed by atoms with Crippen LogP contribution in [0, 0.1) is 6.92 Å². The predicted octanol–water partition coefficient (Wildman–Crippen LogP) is 3.78. The number of carbonyl (C=O) groups is 2. The van der Waals surface area contributed by atoms with E-state index in [1.807, 2.05) is 12.3 Å². The number of benzene rings is 1. The number of hydrogen-bond acceptors (Lipinski definition) is 5. The number of thiophene rings is 1. The minimum Gasteiger partial charge on any atom is -0.478 e. The van der Waals surface area contributed by atoms with E-state index >= 15 is 0 Å². The van der Waals surface area contributed by atoms with Gasteiger partial charge in [-0.2, -0.15) is 5.10 Å². The summed E-state index contributed by atoms with van der Waals surface area (Å²) >= 11 is 1.33. The standard InChI is InChI=1S/C18H14N2O4S/c1-11-9-12(18(22)23)4-6-14(11)15-7-5-13(24-15)10-19-20-17(21)16-3-2-8-25-16/h2-10H,1H3,(H,20,21)(H,22,23)/b19-10+. The molecule has 2 aromatic heterocycles. The van der Waals surface area contributed by atoms with Gasteiger partial charge in [-0.05, 0) is 48.2 Å². The topological polar surface area (TPSA) is 91.9 Å². The van der Waals surface area contributed by atoms with Crippen LogP contribution in [0.4, 0.5) is 0 Å². The van der Waals surface area contributed by atoms with E-state index < -0.39 is 5.97 Å². The number of carbonyl (C=O) groups excluding carboxylic acids is 1. The van der Waals surface area contributed by atoms with Crippen molar-refractivity contribution in [1.29, 1.82) is 0 Å². The second kappa shape index (κ2) is 7.14. The van der Waals surface area contributed by atoms with Crippen LogP contribution in [0.2, 0.25) is 0 Å². The van der Waals surface area contributed by atoms with Gasteiger partial charge in [-0.3, -0.25) is 4.79 Å². The second-order valence-electron chi connectivity index (χ2n) is 5.21. The van der Waals surface area contributed by atoms with E-state index in [2.05, 4.69) is 10.5 Å². The van der Waals surface area contributed by atoms with E-state index in [0.29, 0.717) is 16.4 Å². The van der Waals surface area contributed by atoms with Crippen molar-refractivity contribution in [1.82, 2.24) is 5.43 Å². The molecule has 0 saturated heterocycles. The Labute approximate surface area is 147 Å². The summed E-state index contributed by atoms with van der Waals surface area (Å²) in [4.78, 5) is 23.3. The van der Waals surface area contributed by atoms with Crippen LogP contribution in [0.5, 0.6) is 0 Å². The maximum Gasteiger partial charge on any atom is 0.335 e. The number of nitrogens with one attached hydrogen (secondary N) is 1. The molecule has 2 N–H and O–H groups in total. The number of rotatable bonds is 5. The van der Waals surface area contributed by atoms with E-state index in [1.54, 1.807) is 36.4 Å². The van der Waals surface area contributed by atoms with E-state index in [9.17, 15) is 9.59 Å². The number of aromatic carboxylic acids is 1. The minimum atomic E-state index is -0.969. The van der Waals surface area contributed by atoms with Crippen molar-refractivity contribution in [2.45, 2.75) is 6.92 Å². The third-order valence-electron chi connectivity index (χ3n) is 3.47. The van der Waals surface area contributed by atoms with Gasteiger partial charge in [0.05, 0.1) is 16.7 Å². The monoisotopic (exact) mass is 354 g/mol. The molecule has 1 aromatic carbocycles. The molecule has 126 valence electrons.